The highest BCUT2D eigenvalue weighted by Gasteiger charge is 2.15. The molecule has 2 aromatic heterocycles. The Morgan fingerprint density at radius 3 is 2.78 bits per heavy atom. The van der Waals surface area contributed by atoms with Crippen molar-refractivity contribution < 1.29 is 0 Å². The van der Waals surface area contributed by atoms with Crippen LogP contribution >= 0.6 is 15.9 Å². The maximum Gasteiger partial charge on any atom is 0.0802 e. The standard InChI is InChI=1S/C13H15BrN4/c1-2-3-18-13(12-9-15-4-5-17-12)10-6-11(14)8-16-7-10/h4-9,13,18H,2-3H2,1H3. The van der Waals surface area contributed by atoms with Crippen molar-refractivity contribution in [3.8, 4) is 0 Å². The minimum absolute atomic E-state index is 0.0312. The number of hydrogen-bond donors (Lipinski definition) is 1. The topological polar surface area (TPSA) is 50.7 Å². The van der Waals surface area contributed by atoms with Crippen LogP contribution in [0.3, 0.4) is 0 Å². The van der Waals surface area contributed by atoms with E-state index in [-0.39, 0.29) is 6.04 Å². The number of nitrogens with zero attached hydrogens (tertiary/aromatic N) is 3. The van der Waals surface area contributed by atoms with Crippen molar-refractivity contribution in [2.75, 3.05) is 6.54 Å². The van der Waals surface area contributed by atoms with Gasteiger partial charge in [0.05, 0.1) is 17.9 Å². The summed E-state index contributed by atoms with van der Waals surface area (Å²) in [4.78, 5) is 12.7. The first-order chi connectivity index (χ1) is 8.81. The maximum absolute atomic E-state index is 4.37. The molecular formula is C13H15BrN4. The molecule has 0 spiro atoms. The lowest BCUT2D eigenvalue weighted by molar-refractivity contribution is 0.582. The summed E-state index contributed by atoms with van der Waals surface area (Å²) in [5, 5.41) is 3.47. The molecule has 0 bridgehead atoms. The van der Waals surface area contributed by atoms with E-state index < -0.39 is 0 Å². The van der Waals surface area contributed by atoms with Crippen LogP contribution in [0.5, 0.6) is 0 Å². The zero-order chi connectivity index (χ0) is 12.8. The van der Waals surface area contributed by atoms with Crippen LogP contribution in [-0.2, 0) is 0 Å². The fraction of sp³-hybridized carbons (Fsp3) is 0.308. The molecule has 5 heteroatoms. The Bertz CT molecular complexity index is 489. The molecule has 0 saturated heterocycles. The minimum Gasteiger partial charge on any atom is -0.305 e. The first-order valence-corrected chi connectivity index (χ1v) is 6.70. The lowest BCUT2D eigenvalue weighted by Crippen LogP contribution is -2.24. The highest BCUT2D eigenvalue weighted by Crippen LogP contribution is 2.21. The van der Waals surface area contributed by atoms with Crippen LogP contribution in [0.4, 0.5) is 0 Å². The molecule has 0 amide bonds. The summed E-state index contributed by atoms with van der Waals surface area (Å²) in [5.41, 5.74) is 1.99. The molecule has 2 heterocycles. The first-order valence-electron chi connectivity index (χ1n) is 5.91. The summed E-state index contributed by atoms with van der Waals surface area (Å²) in [6.07, 6.45) is 9.87. The van der Waals surface area contributed by atoms with Gasteiger partial charge in [-0.15, -0.1) is 0 Å². The van der Waals surface area contributed by atoms with Gasteiger partial charge in [0.25, 0.3) is 0 Å². The molecule has 94 valence electrons. The van der Waals surface area contributed by atoms with E-state index in [9.17, 15) is 0 Å². The van der Waals surface area contributed by atoms with E-state index in [2.05, 4.69) is 49.2 Å². The van der Waals surface area contributed by atoms with Crippen LogP contribution < -0.4 is 5.32 Å². The molecule has 0 aromatic carbocycles. The van der Waals surface area contributed by atoms with Gasteiger partial charge in [-0.1, -0.05) is 6.92 Å². The van der Waals surface area contributed by atoms with Crippen molar-refractivity contribution in [3.63, 3.8) is 0 Å². The average Bonchev–Trinajstić information content (AvgIpc) is 2.40. The van der Waals surface area contributed by atoms with E-state index in [0.29, 0.717) is 0 Å². The largest absolute Gasteiger partial charge is 0.305 e. The Labute approximate surface area is 115 Å². The summed E-state index contributed by atoms with van der Waals surface area (Å²) >= 11 is 3.44. The summed E-state index contributed by atoms with van der Waals surface area (Å²) in [6.45, 7) is 3.06. The Kier molecular flexibility index (Phi) is 4.78. The molecule has 0 saturated carbocycles. The van der Waals surface area contributed by atoms with E-state index in [1.54, 1.807) is 24.8 Å². The van der Waals surface area contributed by atoms with Crippen LogP contribution in [0.15, 0.2) is 41.5 Å². The number of rotatable bonds is 5. The van der Waals surface area contributed by atoms with Gasteiger partial charge in [-0.2, -0.15) is 0 Å². The lowest BCUT2D eigenvalue weighted by Gasteiger charge is -2.17. The Morgan fingerprint density at radius 2 is 2.11 bits per heavy atom. The van der Waals surface area contributed by atoms with Gasteiger partial charge in [0.15, 0.2) is 0 Å². The molecule has 0 fully saturated rings. The summed E-state index contributed by atoms with van der Waals surface area (Å²) in [5.74, 6) is 0. The molecule has 0 aliphatic carbocycles. The van der Waals surface area contributed by atoms with Crippen LogP contribution in [0.1, 0.15) is 30.6 Å². The van der Waals surface area contributed by atoms with Gasteiger partial charge in [0.1, 0.15) is 0 Å². The molecule has 18 heavy (non-hydrogen) atoms. The number of hydrogen-bond acceptors (Lipinski definition) is 4. The molecule has 4 nitrogen and oxygen atoms in total. The first kappa shape index (κ1) is 13.1. The number of aromatic nitrogens is 3. The number of nitrogens with one attached hydrogen (secondary N) is 1. The maximum atomic E-state index is 4.37. The van der Waals surface area contributed by atoms with E-state index in [1.807, 2.05) is 6.20 Å². The average molecular weight is 307 g/mol. The normalized spacial score (nSPS) is 12.3. The van der Waals surface area contributed by atoms with Crippen molar-refractivity contribution >= 4 is 15.9 Å². The van der Waals surface area contributed by atoms with Crippen molar-refractivity contribution in [1.82, 2.24) is 20.3 Å². The van der Waals surface area contributed by atoms with Gasteiger partial charge in [0.2, 0.25) is 0 Å². The van der Waals surface area contributed by atoms with Gasteiger partial charge >= 0.3 is 0 Å². The zero-order valence-corrected chi connectivity index (χ0v) is 11.8. The molecule has 2 rings (SSSR count). The quantitative estimate of drug-likeness (QED) is 0.923. The molecule has 0 radical (unpaired) electrons. The van der Waals surface area contributed by atoms with Gasteiger partial charge < -0.3 is 5.32 Å². The summed E-state index contributed by atoms with van der Waals surface area (Å²) in [6, 6.07) is 2.08. The SMILES string of the molecule is CCCNC(c1cncc(Br)c1)c1cnccn1. The molecule has 1 N–H and O–H groups in total. The second-order valence-corrected chi connectivity index (χ2v) is 4.87. The third kappa shape index (κ3) is 3.34. The van der Waals surface area contributed by atoms with Gasteiger partial charge in [0, 0.05) is 29.3 Å². The Balaban J connectivity index is 2.31. The second-order valence-electron chi connectivity index (χ2n) is 3.95. The highest BCUT2D eigenvalue weighted by molar-refractivity contribution is 9.10. The van der Waals surface area contributed by atoms with Crippen LogP contribution in [0.2, 0.25) is 0 Å². The Morgan fingerprint density at radius 1 is 1.22 bits per heavy atom. The van der Waals surface area contributed by atoms with E-state index >= 15 is 0 Å². The molecule has 0 aliphatic heterocycles. The molecule has 1 atom stereocenters. The third-order valence-electron chi connectivity index (χ3n) is 2.54. The predicted molar refractivity (Wildman–Crippen MR) is 74.1 cm³/mol. The second kappa shape index (κ2) is 6.56. The molecule has 2 aromatic rings. The predicted octanol–water partition coefficient (Wildman–Crippen LogP) is 2.72. The Hall–Kier alpha value is -1.33. The minimum atomic E-state index is 0.0312. The zero-order valence-electron chi connectivity index (χ0n) is 10.2. The van der Waals surface area contributed by atoms with E-state index in [4.69, 9.17) is 0 Å². The smallest absolute Gasteiger partial charge is 0.0802 e. The highest BCUT2D eigenvalue weighted by atomic mass is 79.9. The number of pyridine rings is 1. The van der Waals surface area contributed by atoms with Crippen molar-refractivity contribution in [1.29, 1.82) is 0 Å². The van der Waals surface area contributed by atoms with Crippen molar-refractivity contribution in [3.05, 3.63) is 52.8 Å². The van der Waals surface area contributed by atoms with Gasteiger partial charge in [-0.3, -0.25) is 15.0 Å². The summed E-state index contributed by atoms with van der Waals surface area (Å²) < 4.78 is 0.965. The fourth-order valence-electron chi connectivity index (χ4n) is 1.73. The number of halogens is 1. The van der Waals surface area contributed by atoms with Crippen LogP contribution in [0.25, 0.3) is 0 Å². The third-order valence-corrected chi connectivity index (χ3v) is 2.97. The molecular weight excluding hydrogens is 292 g/mol. The van der Waals surface area contributed by atoms with Crippen molar-refractivity contribution in [2.45, 2.75) is 19.4 Å². The van der Waals surface area contributed by atoms with E-state index in [1.165, 1.54) is 0 Å². The van der Waals surface area contributed by atoms with Crippen LogP contribution in [0, 0.1) is 0 Å². The van der Waals surface area contributed by atoms with E-state index in [0.717, 1.165) is 28.7 Å². The molecule has 1 unspecified atom stereocenters. The van der Waals surface area contributed by atoms with Crippen molar-refractivity contribution in [2.24, 2.45) is 0 Å². The monoisotopic (exact) mass is 306 g/mol. The fourth-order valence-corrected chi connectivity index (χ4v) is 2.11. The van der Waals surface area contributed by atoms with Gasteiger partial charge in [-0.05, 0) is 40.5 Å². The van der Waals surface area contributed by atoms with Gasteiger partial charge in [-0.25, -0.2) is 0 Å². The molecule has 0 aliphatic rings. The van der Waals surface area contributed by atoms with Crippen LogP contribution in [-0.4, -0.2) is 21.5 Å². The summed E-state index contributed by atoms with van der Waals surface area (Å²) in [7, 11) is 0. The lowest BCUT2D eigenvalue weighted by atomic mass is 10.1.